The lowest BCUT2D eigenvalue weighted by Crippen LogP contribution is -2.42. The summed E-state index contributed by atoms with van der Waals surface area (Å²) in [6, 6.07) is 0. The van der Waals surface area contributed by atoms with Gasteiger partial charge in [-0.25, -0.2) is 0 Å². The molecule has 1 aliphatic heterocycles. The van der Waals surface area contributed by atoms with Gasteiger partial charge in [0.1, 0.15) is 6.10 Å². The number of ether oxygens (including phenoxy) is 1. The molecule has 0 aromatic rings. The van der Waals surface area contributed by atoms with Crippen LogP contribution in [-0.2, 0) is 9.53 Å². The molecule has 0 spiro atoms. The van der Waals surface area contributed by atoms with Gasteiger partial charge in [0.25, 0.3) is 0 Å². The minimum atomic E-state index is -0.382. The Morgan fingerprint density at radius 3 is 2.71 bits per heavy atom. The SMILES string of the molecule is C[C@H]1CCC2C3C4C(CCC31)C(=O)OC4[C@@H]2O. The number of hydrogen-bond acceptors (Lipinski definition) is 3. The summed E-state index contributed by atoms with van der Waals surface area (Å²) in [6.07, 6.45) is 3.97. The van der Waals surface area contributed by atoms with Gasteiger partial charge in [-0.3, -0.25) is 4.79 Å². The molecule has 3 heteroatoms. The number of aliphatic hydroxyl groups is 1. The molecule has 0 amide bonds. The predicted octanol–water partition coefficient (Wildman–Crippen LogP) is 1.59. The van der Waals surface area contributed by atoms with Crippen molar-refractivity contribution in [3.05, 3.63) is 0 Å². The number of rotatable bonds is 0. The van der Waals surface area contributed by atoms with Crippen LogP contribution in [0.25, 0.3) is 0 Å². The average Bonchev–Trinajstić information content (AvgIpc) is 2.79. The van der Waals surface area contributed by atoms with E-state index >= 15 is 0 Å². The van der Waals surface area contributed by atoms with Crippen molar-refractivity contribution < 1.29 is 14.6 Å². The molecule has 1 N–H and O–H groups in total. The van der Waals surface area contributed by atoms with E-state index in [9.17, 15) is 9.90 Å². The third kappa shape index (κ3) is 1.14. The van der Waals surface area contributed by atoms with E-state index in [1.54, 1.807) is 0 Å². The summed E-state index contributed by atoms with van der Waals surface area (Å²) in [4.78, 5) is 11.8. The van der Waals surface area contributed by atoms with Crippen molar-refractivity contribution in [2.75, 3.05) is 0 Å². The van der Waals surface area contributed by atoms with Crippen LogP contribution in [0, 0.1) is 35.5 Å². The number of hydrogen-bond donors (Lipinski definition) is 1. The maximum absolute atomic E-state index is 11.8. The van der Waals surface area contributed by atoms with E-state index in [2.05, 4.69) is 6.92 Å². The van der Waals surface area contributed by atoms with Crippen LogP contribution in [0.2, 0.25) is 0 Å². The van der Waals surface area contributed by atoms with Crippen LogP contribution in [0.15, 0.2) is 0 Å². The van der Waals surface area contributed by atoms with E-state index in [-0.39, 0.29) is 24.1 Å². The molecule has 8 atom stereocenters. The summed E-state index contributed by atoms with van der Waals surface area (Å²) in [5.41, 5.74) is 0. The van der Waals surface area contributed by atoms with Gasteiger partial charge in [-0.1, -0.05) is 13.3 Å². The zero-order valence-corrected chi connectivity index (χ0v) is 10.2. The predicted molar refractivity (Wildman–Crippen MR) is 61.0 cm³/mol. The molecular formula is C14H20O3. The van der Waals surface area contributed by atoms with Crippen molar-refractivity contribution in [3.63, 3.8) is 0 Å². The van der Waals surface area contributed by atoms with Crippen LogP contribution in [0.5, 0.6) is 0 Å². The number of esters is 1. The third-order valence-electron chi connectivity index (χ3n) is 6.10. The molecule has 4 aliphatic rings. The highest BCUT2D eigenvalue weighted by Crippen LogP contribution is 2.61. The van der Waals surface area contributed by atoms with Crippen LogP contribution in [-0.4, -0.2) is 23.3 Å². The molecule has 4 rings (SSSR count). The largest absolute Gasteiger partial charge is 0.459 e. The molecule has 0 aromatic heterocycles. The quantitative estimate of drug-likeness (QED) is 0.650. The first-order valence-electron chi connectivity index (χ1n) is 7.07. The fraction of sp³-hybridized carbons (Fsp3) is 0.929. The summed E-state index contributed by atoms with van der Waals surface area (Å²) in [7, 11) is 0. The van der Waals surface area contributed by atoms with Crippen molar-refractivity contribution in [1.82, 2.24) is 0 Å². The van der Waals surface area contributed by atoms with Crippen molar-refractivity contribution >= 4 is 5.97 Å². The Bertz CT molecular complexity index is 364. The highest BCUT2D eigenvalue weighted by molar-refractivity contribution is 5.76. The van der Waals surface area contributed by atoms with Crippen LogP contribution in [0.3, 0.4) is 0 Å². The lowest BCUT2D eigenvalue weighted by atomic mass is 9.58. The molecule has 94 valence electrons. The van der Waals surface area contributed by atoms with Gasteiger partial charge in [0.05, 0.1) is 12.0 Å². The normalized spacial score (nSPS) is 60.0. The summed E-state index contributed by atoms with van der Waals surface area (Å²) in [6.45, 7) is 2.35. The number of aliphatic hydroxyl groups excluding tert-OH is 1. The van der Waals surface area contributed by atoms with Gasteiger partial charge in [-0.05, 0) is 42.9 Å². The second-order valence-corrected chi connectivity index (χ2v) is 6.61. The Balaban J connectivity index is 1.76. The molecule has 0 aromatic carbocycles. The molecule has 4 fully saturated rings. The molecule has 6 unspecified atom stereocenters. The van der Waals surface area contributed by atoms with Crippen LogP contribution in [0.1, 0.15) is 32.6 Å². The van der Waals surface area contributed by atoms with Crippen LogP contribution in [0.4, 0.5) is 0 Å². The first kappa shape index (κ1) is 10.4. The Labute approximate surface area is 102 Å². The van der Waals surface area contributed by atoms with Gasteiger partial charge in [0, 0.05) is 5.92 Å². The van der Waals surface area contributed by atoms with E-state index in [1.165, 1.54) is 6.42 Å². The van der Waals surface area contributed by atoms with Gasteiger partial charge >= 0.3 is 5.97 Å². The molecule has 17 heavy (non-hydrogen) atoms. The highest BCUT2D eigenvalue weighted by Gasteiger charge is 2.64. The summed E-state index contributed by atoms with van der Waals surface area (Å²) in [5.74, 6) is 2.86. The molecule has 0 bridgehead atoms. The zero-order chi connectivity index (χ0) is 11.7. The number of carbonyl (C=O) groups is 1. The smallest absolute Gasteiger partial charge is 0.309 e. The molecular weight excluding hydrogens is 216 g/mol. The summed E-state index contributed by atoms with van der Waals surface area (Å²) < 4.78 is 5.47. The maximum atomic E-state index is 11.8. The number of carbonyl (C=O) groups excluding carboxylic acids is 1. The van der Waals surface area contributed by atoms with Gasteiger partial charge in [-0.2, -0.15) is 0 Å². The second kappa shape index (κ2) is 3.25. The lowest BCUT2D eigenvalue weighted by molar-refractivity contribution is -0.150. The van der Waals surface area contributed by atoms with E-state index < -0.39 is 0 Å². The Morgan fingerprint density at radius 2 is 1.88 bits per heavy atom. The standard InChI is InChI=1S/C14H20O3/c1-6-2-3-8-10-7(6)4-5-9-11(10)13(12(8)15)17-14(9)16/h6-13,15H,2-5H2,1H3/t6-,7?,8?,9?,10?,11?,12+,13?/m0/s1. The van der Waals surface area contributed by atoms with Crippen molar-refractivity contribution in [2.24, 2.45) is 35.5 Å². The first-order chi connectivity index (χ1) is 8.18. The fourth-order valence-corrected chi connectivity index (χ4v) is 5.40. The monoisotopic (exact) mass is 236 g/mol. The van der Waals surface area contributed by atoms with Crippen LogP contribution >= 0.6 is 0 Å². The third-order valence-corrected chi connectivity index (χ3v) is 6.10. The van der Waals surface area contributed by atoms with E-state index in [1.807, 2.05) is 0 Å². The Hall–Kier alpha value is -0.570. The van der Waals surface area contributed by atoms with Gasteiger partial charge in [0.2, 0.25) is 0 Å². The topological polar surface area (TPSA) is 46.5 Å². The minimum absolute atomic E-state index is 0.0332. The van der Waals surface area contributed by atoms with Crippen LogP contribution < -0.4 is 0 Å². The molecule has 1 saturated heterocycles. The molecule has 3 nitrogen and oxygen atoms in total. The Kier molecular flexibility index (Phi) is 1.98. The Morgan fingerprint density at radius 1 is 1.12 bits per heavy atom. The minimum Gasteiger partial charge on any atom is -0.459 e. The van der Waals surface area contributed by atoms with E-state index in [0.29, 0.717) is 17.8 Å². The first-order valence-corrected chi connectivity index (χ1v) is 7.07. The average molecular weight is 236 g/mol. The molecule has 3 saturated carbocycles. The van der Waals surface area contributed by atoms with Crippen molar-refractivity contribution in [2.45, 2.75) is 44.8 Å². The van der Waals surface area contributed by atoms with E-state index in [4.69, 9.17) is 4.74 Å². The molecule has 0 radical (unpaired) electrons. The van der Waals surface area contributed by atoms with Crippen molar-refractivity contribution in [1.29, 1.82) is 0 Å². The molecule has 3 aliphatic carbocycles. The summed E-state index contributed by atoms with van der Waals surface area (Å²) >= 11 is 0. The zero-order valence-electron chi connectivity index (χ0n) is 10.2. The second-order valence-electron chi connectivity index (χ2n) is 6.61. The summed E-state index contributed by atoms with van der Waals surface area (Å²) in [5, 5.41) is 10.4. The van der Waals surface area contributed by atoms with E-state index in [0.717, 1.165) is 31.1 Å². The maximum Gasteiger partial charge on any atom is 0.309 e. The highest BCUT2D eigenvalue weighted by atomic mass is 16.6. The van der Waals surface area contributed by atoms with Gasteiger partial charge < -0.3 is 9.84 Å². The lowest BCUT2D eigenvalue weighted by Gasteiger charge is -2.45. The van der Waals surface area contributed by atoms with Gasteiger partial charge in [-0.15, -0.1) is 0 Å². The van der Waals surface area contributed by atoms with Crippen molar-refractivity contribution in [3.8, 4) is 0 Å². The fourth-order valence-electron chi connectivity index (χ4n) is 5.40. The van der Waals surface area contributed by atoms with Gasteiger partial charge in [0.15, 0.2) is 0 Å². The molecule has 1 heterocycles.